The van der Waals surface area contributed by atoms with Gasteiger partial charge in [0.1, 0.15) is 6.04 Å². The molecule has 1 atom stereocenters. The van der Waals surface area contributed by atoms with Gasteiger partial charge in [0.05, 0.1) is 5.75 Å². The van der Waals surface area contributed by atoms with Crippen LogP contribution < -0.4 is 5.32 Å². The van der Waals surface area contributed by atoms with Crippen LogP contribution in [0.5, 0.6) is 0 Å². The van der Waals surface area contributed by atoms with E-state index in [4.69, 9.17) is 11.6 Å². The van der Waals surface area contributed by atoms with Crippen molar-refractivity contribution >= 4 is 35.2 Å². The summed E-state index contributed by atoms with van der Waals surface area (Å²) in [7, 11) is 0. The van der Waals surface area contributed by atoms with Crippen molar-refractivity contribution < 1.29 is 9.59 Å². The molecule has 0 aliphatic rings. The minimum Gasteiger partial charge on any atom is -0.352 e. The van der Waals surface area contributed by atoms with Crippen LogP contribution in [0.25, 0.3) is 0 Å². The summed E-state index contributed by atoms with van der Waals surface area (Å²) in [6.07, 6.45) is 0. The van der Waals surface area contributed by atoms with Crippen LogP contribution in [0.2, 0.25) is 5.02 Å². The third kappa shape index (κ3) is 6.92. The highest BCUT2D eigenvalue weighted by molar-refractivity contribution is 8.00. The van der Waals surface area contributed by atoms with Gasteiger partial charge in [-0.3, -0.25) is 9.59 Å². The van der Waals surface area contributed by atoms with Gasteiger partial charge in [0, 0.05) is 22.5 Å². The number of benzene rings is 2. The quantitative estimate of drug-likeness (QED) is 0.664. The molecule has 2 rings (SSSR count). The molecule has 0 aromatic heterocycles. The standard InChI is InChI=1S/C21H25ClN2O2S/c1-15(2)23-21(26)16(3)24(13-17-7-5-4-6-8-17)20(25)14-27-19-11-9-18(22)10-12-19/h4-12,15-16H,13-14H2,1-3H3,(H,23,26)/t16-/m1/s1. The average Bonchev–Trinajstić information content (AvgIpc) is 2.65. The highest BCUT2D eigenvalue weighted by Gasteiger charge is 2.26. The number of rotatable bonds is 8. The van der Waals surface area contributed by atoms with Gasteiger partial charge in [0.2, 0.25) is 11.8 Å². The van der Waals surface area contributed by atoms with Gasteiger partial charge in [0.25, 0.3) is 0 Å². The number of halogens is 1. The largest absolute Gasteiger partial charge is 0.352 e. The van der Waals surface area contributed by atoms with Crippen molar-refractivity contribution in [1.82, 2.24) is 10.2 Å². The average molecular weight is 405 g/mol. The number of nitrogens with zero attached hydrogens (tertiary/aromatic N) is 1. The van der Waals surface area contributed by atoms with Crippen molar-refractivity contribution in [2.75, 3.05) is 5.75 Å². The maximum Gasteiger partial charge on any atom is 0.242 e. The molecule has 0 unspecified atom stereocenters. The Labute approximate surface area is 170 Å². The lowest BCUT2D eigenvalue weighted by Crippen LogP contribution is -2.49. The molecule has 27 heavy (non-hydrogen) atoms. The Balaban J connectivity index is 2.10. The predicted molar refractivity (Wildman–Crippen MR) is 112 cm³/mol. The molecule has 0 saturated carbocycles. The Morgan fingerprint density at radius 1 is 1.04 bits per heavy atom. The zero-order valence-corrected chi connectivity index (χ0v) is 17.4. The van der Waals surface area contributed by atoms with E-state index in [1.807, 2.05) is 56.3 Å². The molecule has 2 amide bonds. The summed E-state index contributed by atoms with van der Waals surface area (Å²) in [6.45, 7) is 5.98. The summed E-state index contributed by atoms with van der Waals surface area (Å²) in [5, 5.41) is 3.55. The van der Waals surface area contributed by atoms with Crippen LogP contribution in [0.15, 0.2) is 59.5 Å². The lowest BCUT2D eigenvalue weighted by atomic mass is 10.1. The van der Waals surface area contributed by atoms with Gasteiger partial charge in [-0.05, 0) is 50.6 Å². The summed E-state index contributed by atoms with van der Waals surface area (Å²) in [6, 6.07) is 16.6. The summed E-state index contributed by atoms with van der Waals surface area (Å²) in [4.78, 5) is 28.0. The molecule has 0 fully saturated rings. The Kier molecular flexibility index (Phi) is 8.20. The number of carbonyl (C=O) groups is 2. The lowest BCUT2D eigenvalue weighted by Gasteiger charge is -2.29. The van der Waals surface area contributed by atoms with Gasteiger partial charge in [-0.1, -0.05) is 41.9 Å². The molecule has 2 aromatic carbocycles. The lowest BCUT2D eigenvalue weighted by molar-refractivity contribution is -0.138. The topological polar surface area (TPSA) is 49.4 Å². The van der Waals surface area contributed by atoms with Crippen molar-refractivity contribution in [3.05, 3.63) is 65.2 Å². The molecule has 0 bridgehead atoms. The van der Waals surface area contributed by atoms with E-state index in [9.17, 15) is 9.59 Å². The number of amides is 2. The minimum absolute atomic E-state index is 0.0251. The fourth-order valence-electron chi connectivity index (χ4n) is 2.53. The molecule has 144 valence electrons. The Hall–Kier alpha value is -1.98. The van der Waals surface area contributed by atoms with Gasteiger partial charge < -0.3 is 10.2 Å². The maximum absolute atomic E-state index is 12.9. The van der Waals surface area contributed by atoms with E-state index in [1.54, 1.807) is 24.0 Å². The normalized spacial score (nSPS) is 11.9. The first-order chi connectivity index (χ1) is 12.9. The fourth-order valence-corrected chi connectivity index (χ4v) is 3.44. The molecule has 1 N–H and O–H groups in total. The Bertz CT molecular complexity index is 751. The van der Waals surface area contributed by atoms with Crippen molar-refractivity contribution in [2.45, 2.75) is 44.3 Å². The monoisotopic (exact) mass is 404 g/mol. The van der Waals surface area contributed by atoms with Crippen molar-refractivity contribution in [2.24, 2.45) is 0 Å². The van der Waals surface area contributed by atoms with E-state index in [0.717, 1.165) is 10.5 Å². The van der Waals surface area contributed by atoms with Gasteiger partial charge in [-0.2, -0.15) is 0 Å². The Morgan fingerprint density at radius 3 is 2.26 bits per heavy atom. The van der Waals surface area contributed by atoms with Crippen molar-refractivity contribution in [3.8, 4) is 0 Å². The van der Waals surface area contributed by atoms with Crippen LogP contribution in [-0.4, -0.2) is 34.6 Å². The minimum atomic E-state index is -0.550. The number of hydrogen-bond acceptors (Lipinski definition) is 3. The molecule has 6 heteroatoms. The molecule has 0 aliphatic heterocycles. The third-order valence-corrected chi connectivity index (χ3v) is 5.22. The highest BCUT2D eigenvalue weighted by atomic mass is 35.5. The smallest absolute Gasteiger partial charge is 0.242 e. The second-order valence-electron chi connectivity index (χ2n) is 6.59. The molecular formula is C21H25ClN2O2S. The SMILES string of the molecule is CC(C)NC(=O)[C@@H](C)N(Cc1ccccc1)C(=O)CSc1ccc(Cl)cc1. The van der Waals surface area contributed by atoms with E-state index < -0.39 is 6.04 Å². The fraction of sp³-hybridized carbons (Fsp3) is 0.333. The number of thioether (sulfide) groups is 1. The summed E-state index contributed by atoms with van der Waals surface area (Å²) in [5.74, 6) is 0.0318. The molecule has 0 heterocycles. The van der Waals surface area contributed by atoms with Crippen molar-refractivity contribution in [3.63, 3.8) is 0 Å². The van der Waals surface area contributed by atoms with Gasteiger partial charge >= 0.3 is 0 Å². The zero-order chi connectivity index (χ0) is 19.8. The molecule has 4 nitrogen and oxygen atoms in total. The molecule has 0 saturated heterocycles. The first-order valence-electron chi connectivity index (χ1n) is 8.89. The molecule has 0 aliphatic carbocycles. The van der Waals surface area contributed by atoms with E-state index >= 15 is 0 Å². The van der Waals surface area contributed by atoms with Crippen LogP contribution in [-0.2, 0) is 16.1 Å². The van der Waals surface area contributed by atoms with Gasteiger partial charge in [0.15, 0.2) is 0 Å². The number of carbonyl (C=O) groups excluding carboxylic acids is 2. The van der Waals surface area contributed by atoms with E-state index in [-0.39, 0.29) is 23.6 Å². The molecular weight excluding hydrogens is 380 g/mol. The third-order valence-electron chi connectivity index (χ3n) is 3.97. The summed E-state index contributed by atoms with van der Waals surface area (Å²) >= 11 is 7.34. The van der Waals surface area contributed by atoms with Crippen LogP contribution in [0.1, 0.15) is 26.3 Å². The second kappa shape index (κ2) is 10.4. The molecule has 0 radical (unpaired) electrons. The van der Waals surface area contributed by atoms with Crippen molar-refractivity contribution in [1.29, 1.82) is 0 Å². The van der Waals surface area contributed by atoms with E-state index in [1.165, 1.54) is 11.8 Å². The first-order valence-corrected chi connectivity index (χ1v) is 10.3. The Morgan fingerprint density at radius 2 is 1.67 bits per heavy atom. The molecule has 0 spiro atoms. The van der Waals surface area contributed by atoms with Gasteiger partial charge in [-0.15, -0.1) is 11.8 Å². The van der Waals surface area contributed by atoms with Crippen LogP contribution in [0.4, 0.5) is 0 Å². The van der Waals surface area contributed by atoms with E-state index in [0.29, 0.717) is 11.6 Å². The number of hydrogen-bond donors (Lipinski definition) is 1. The van der Waals surface area contributed by atoms with Crippen LogP contribution in [0, 0.1) is 0 Å². The molecule has 2 aromatic rings. The first kappa shape index (κ1) is 21.3. The highest BCUT2D eigenvalue weighted by Crippen LogP contribution is 2.21. The predicted octanol–water partition coefficient (Wildman–Crippen LogP) is 4.37. The summed E-state index contributed by atoms with van der Waals surface area (Å²) in [5.41, 5.74) is 0.992. The maximum atomic E-state index is 12.9. The second-order valence-corrected chi connectivity index (χ2v) is 8.07. The van der Waals surface area contributed by atoms with Gasteiger partial charge in [-0.25, -0.2) is 0 Å². The summed E-state index contributed by atoms with van der Waals surface area (Å²) < 4.78 is 0. The zero-order valence-electron chi connectivity index (χ0n) is 15.8. The van der Waals surface area contributed by atoms with E-state index in [2.05, 4.69) is 5.32 Å². The van der Waals surface area contributed by atoms with Crippen LogP contribution >= 0.6 is 23.4 Å². The number of nitrogens with one attached hydrogen (secondary N) is 1. The van der Waals surface area contributed by atoms with Crippen LogP contribution in [0.3, 0.4) is 0 Å².